The highest BCUT2D eigenvalue weighted by molar-refractivity contribution is 7.18. The number of carbonyl (C=O) groups is 2. The van der Waals surface area contributed by atoms with Crippen LogP contribution < -0.4 is 10.2 Å². The van der Waals surface area contributed by atoms with Gasteiger partial charge < -0.3 is 10.2 Å². The number of carbonyl (C=O) groups excluding carboxylic acids is 2. The minimum Gasteiger partial charge on any atom is -0.336 e. The van der Waals surface area contributed by atoms with E-state index < -0.39 is 0 Å². The minimum atomic E-state index is -0.257. The lowest BCUT2D eigenvalue weighted by molar-refractivity contribution is -0.929. The number of hydrogen-bond donors (Lipinski definition) is 2. The summed E-state index contributed by atoms with van der Waals surface area (Å²) < 4.78 is 1.20. The number of benzene rings is 1. The molecule has 2 aliphatic heterocycles. The number of piperidine rings is 1. The Bertz CT molecular complexity index is 742. The molecule has 6 nitrogen and oxygen atoms in total. The van der Waals surface area contributed by atoms with Crippen molar-refractivity contribution in [1.29, 1.82) is 0 Å². The largest absolute Gasteiger partial charge is 0.336 e. The van der Waals surface area contributed by atoms with E-state index in [9.17, 15) is 9.59 Å². The monoisotopic (exact) mass is 345 g/mol. The van der Waals surface area contributed by atoms with E-state index in [0.717, 1.165) is 29.9 Å². The van der Waals surface area contributed by atoms with E-state index >= 15 is 0 Å². The number of urea groups is 1. The van der Waals surface area contributed by atoms with Crippen LogP contribution >= 0.6 is 11.3 Å². The van der Waals surface area contributed by atoms with Gasteiger partial charge in [0.2, 0.25) is 0 Å². The number of rotatable bonds is 3. The van der Waals surface area contributed by atoms with Crippen molar-refractivity contribution in [3.63, 3.8) is 0 Å². The van der Waals surface area contributed by atoms with Gasteiger partial charge in [-0.05, 0) is 25.0 Å². The van der Waals surface area contributed by atoms with Gasteiger partial charge in [0, 0.05) is 19.5 Å². The molecular formula is C17H21N4O2S+. The van der Waals surface area contributed by atoms with Gasteiger partial charge in [-0.1, -0.05) is 12.1 Å². The molecule has 4 rings (SSSR count). The first-order chi connectivity index (χ1) is 11.7. The molecule has 0 saturated carbocycles. The Morgan fingerprint density at radius 2 is 2.25 bits per heavy atom. The van der Waals surface area contributed by atoms with Crippen molar-refractivity contribution < 1.29 is 14.5 Å². The third-order valence-corrected chi connectivity index (χ3v) is 6.03. The highest BCUT2D eigenvalue weighted by Gasteiger charge is 2.35. The van der Waals surface area contributed by atoms with E-state index in [1.54, 1.807) is 11.3 Å². The van der Waals surface area contributed by atoms with Crippen LogP contribution in [-0.2, 0) is 4.79 Å². The molecular weight excluding hydrogens is 324 g/mol. The van der Waals surface area contributed by atoms with Gasteiger partial charge in [-0.3, -0.25) is 9.69 Å². The summed E-state index contributed by atoms with van der Waals surface area (Å²) in [6.07, 6.45) is 3.34. The van der Waals surface area contributed by atoms with Crippen molar-refractivity contribution >= 4 is 33.5 Å². The summed E-state index contributed by atoms with van der Waals surface area (Å²) in [6.45, 7) is 2.37. The minimum absolute atomic E-state index is 0.0759. The maximum absolute atomic E-state index is 12.5. The number of amides is 3. The lowest BCUT2D eigenvalue weighted by Gasteiger charge is -2.31. The van der Waals surface area contributed by atoms with Crippen LogP contribution in [0.25, 0.3) is 10.2 Å². The van der Waals surface area contributed by atoms with Gasteiger partial charge in [0.1, 0.15) is 6.04 Å². The van der Waals surface area contributed by atoms with Gasteiger partial charge in [0.25, 0.3) is 5.91 Å². The Morgan fingerprint density at radius 3 is 3.04 bits per heavy atom. The summed E-state index contributed by atoms with van der Waals surface area (Å²) in [6, 6.07) is 8.17. The third kappa shape index (κ3) is 2.89. The first-order valence-electron chi connectivity index (χ1n) is 8.50. The van der Waals surface area contributed by atoms with E-state index in [0.29, 0.717) is 19.6 Å². The van der Waals surface area contributed by atoms with E-state index in [1.807, 2.05) is 18.2 Å². The molecule has 2 aromatic rings. The first-order valence-corrected chi connectivity index (χ1v) is 9.32. The van der Waals surface area contributed by atoms with Gasteiger partial charge in [-0.15, -0.1) is 11.3 Å². The number of quaternary nitrogens is 1. The molecule has 1 aromatic heterocycles. The molecule has 0 spiro atoms. The van der Waals surface area contributed by atoms with Crippen molar-refractivity contribution in [1.82, 2.24) is 15.2 Å². The number of fused-ring (bicyclic) bond motifs is 1. The number of aromatic nitrogens is 1. The number of nitrogens with one attached hydrogen (secondary N) is 2. The van der Waals surface area contributed by atoms with Gasteiger partial charge in [-0.25, -0.2) is 9.78 Å². The zero-order valence-corrected chi connectivity index (χ0v) is 14.3. The highest BCUT2D eigenvalue weighted by Crippen LogP contribution is 2.28. The Kier molecular flexibility index (Phi) is 4.20. The Hall–Kier alpha value is -1.99. The van der Waals surface area contributed by atoms with Crippen molar-refractivity contribution in [3.05, 3.63) is 29.3 Å². The van der Waals surface area contributed by atoms with Crippen molar-refractivity contribution in [2.24, 2.45) is 0 Å². The summed E-state index contributed by atoms with van der Waals surface area (Å²) in [5.41, 5.74) is 1.03. The number of imide groups is 1. The molecule has 24 heavy (non-hydrogen) atoms. The number of likely N-dealkylation sites (tertiary alicyclic amines) is 1. The number of nitrogens with zero attached hydrogens (tertiary/aromatic N) is 2. The average Bonchev–Trinajstić information content (AvgIpc) is 3.21. The van der Waals surface area contributed by atoms with Crippen LogP contribution in [0.1, 0.15) is 30.3 Å². The molecule has 2 aliphatic rings. The number of thiazole rings is 1. The molecule has 2 fully saturated rings. The Labute approximate surface area is 144 Å². The second-order valence-electron chi connectivity index (χ2n) is 6.43. The van der Waals surface area contributed by atoms with Crippen LogP contribution in [0.4, 0.5) is 4.79 Å². The lowest BCUT2D eigenvalue weighted by atomic mass is 10.0. The number of para-hydroxylation sites is 1. The fourth-order valence-corrected chi connectivity index (χ4v) is 4.79. The van der Waals surface area contributed by atoms with Crippen LogP contribution in [0.2, 0.25) is 0 Å². The summed E-state index contributed by atoms with van der Waals surface area (Å²) in [5.74, 6) is -0.0759. The second-order valence-corrected chi connectivity index (χ2v) is 7.49. The molecule has 3 amide bonds. The van der Waals surface area contributed by atoms with Crippen molar-refractivity contribution in [2.75, 3.05) is 26.2 Å². The normalized spacial score (nSPS) is 24.3. The van der Waals surface area contributed by atoms with Crippen LogP contribution in [0.3, 0.4) is 0 Å². The van der Waals surface area contributed by atoms with Crippen molar-refractivity contribution in [3.8, 4) is 0 Å². The third-order valence-electron chi connectivity index (χ3n) is 4.88. The summed E-state index contributed by atoms with van der Waals surface area (Å²) in [7, 11) is 0. The average molecular weight is 345 g/mol. The van der Waals surface area contributed by atoms with Gasteiger partial charge >= 0.3 is 6.03 Å². The fraction of sp³-hybridized carbons (Fsp3) is 0.471. The molecule has 0 radical (unpaired) electrons. The standard InChI is InChI=1S/C17H20N4O2S/c22-15(21-10-8-18-17(21)23)11-20-9-4-3-6-13(20)16-19-12-5-1-2-7-14(12)24-16/h1-2,5,7,13H,3-4,6,8-11H2,(H,18,23)/p+1/t13-/m0/s1. The van der Waals surface area contributed by atoms with Crippen LogP contribution in [0.15, 0.2) is 24.3 Å². The molecule has 0 aliphatic carbocycles. The smallest absolute Gasteiger partial charge is 0.324 e. The van der Waals surface area contributed by atoms with Gasteiger partial charge in [-0.2, -0.15) is 0 Å². The molecule has 126 valence electrons. The van der Waals surface area contributed by atoms with E-state index in [-0.39, 0.29) is 18.0 Å². The molecule has 0 bridgehead atoms. The molecule has 3 heterocycles. The van der Waals surface area contributed by atoms with Crippen molar-refractivity contribution in [2.45, 2.75) is 25.3 Å². The first kappa shape index (κ1) is 15.5. The maximum atomic E-state index is 12.5. The van der Waals surface area contributed by atoms with Crippen LogP contribution in [-0.4, -0.2) is 48.0 Å². The molecule has 7 heteroatoms. The molecule has 2 atom stereocenters. The molecule has 1 aromatic carbocycles. The molecule has 2 N–H and O–H groups in total. The molecule has 2 saturated heterocycles. The van der Waals surface area contributed by atoms with Crippen LogP contribution in [0, 0.1) is 0 Å². The van der Waals surface area contributed by atoms with Gasteiger partial charge in [0.15, 0.2) is 11.6 Å². The predicted octanol–water partition coefficient (Wildman–Crippen LogP) is 0.958. The number of hydrogen-bond acceptors (Lipinski definition) is 4. The second kappa shape index (κ2) is 6.49. The summed E-state index contributed by atoms with van der Waals surface area (Å²) >= 11 is 1.73. The highest BCUT2D eigenvalue weighted by atomic mass is 32.1. The van der Waals surface area contributed by atoms with Gasteiger partial charge in [0.05, 0.1) is 16.8 Å². The predicted molar refractivity (Wildman–Crippen MR) is 92.0 cm³/mol. The zero-order valence-electron chi connectivity index (χ0n) is 13.5. The summed E-state index contributed by atoms with van der Waals surface area (Å²) in [5, 5.41) is 3.81. The SMILES string of the molecule is O=C(C[NH+]1CCCC[C@H]1c1nc2ccccc2s1)N1CCNC1=O. The molecule has 1 unspecified atom stereocenters. The van der Waals surface area contributed by atoms with E-state index in [4.69, 9.17) is 4.98 Å². The lowest BCUT2D eigenvalue weighted by Crippen LogP contribution is -3.14. The van der Waals surface area contributed by atoms with E-state index in [1.165, 1.54) is 20.9 Å². The van der Waals surface area contributed by atoms with E-state index in [2.05, 4.69) is 11.4 Å². The quantitative estimate of drug-likeness (QED) is 0.871. The van der Waals surface area contributed by atoms with Crippen LogP contribution in [0.5, 0.6) is 0 Å². The topological polar surface area (TPSA) is 66.7 Å². The Morgan fingerprint density at radius 1 is 1.38 bits per heavy atom. The Balaban J connectivity index is 1.54. The zero-order chi connectivity index (χ0) is 16.5. The summed E-state index contributed by atoms with van der Waals surface area (Å²) in [4.78, 5) is 31.6. The maximum Gasteiger partial charge on any atom is 0.324 e. The fourth-order valence-electron chi connectivity index (χ4n) is 3.63.